The number of rotatable bonds is 2. The summed E-state index contributed by atoms with van der Waals surface area (Å²) in [5.74, 6) is 2.49. The van der Waals surface area contributed by atoms with E-state index in [9.17, 15) is 5.11 Å². The van der Waals surface area contributed by atoms with E-state index in [2.05, 4.69) is 39.6 Å². The van der Waals surface area contributed by atoms with Gasteiger partial charge in [-0.15, -0.1) is 0 Å². The van der Waals surface area contributed by atoms with Crippen LogP contribution in [0.1, 0.15) is 72.1 Å². The largest absolute Gasteiger partial charge is 0.414 e. The van der Waals surface area contributed by atoms with Gasteiger partial charge < -0.3 is 9.53 Å². The average molecular weight is 377 g/mol. The zero-order valence-corrected chi connectivity index (χ0v) is 18.9. The highest BCUT2D eigenvalue weighted by Crippen LogP contribution is 2.65. The highest BCUT2D eigenvalue weighted by molar-refractivity contribution is 6.69. The van der Waals surface area contributed by atoms with Crippen LogP contribution in [-0.2, 0) is 4.43 Å². The van der Waals surface area contributed by atoms with E-state index in [1.165, 1.54) is 38.5 Å². The Kier molecular flexibility index (Phi) is 4.39. The molecule has 3 heteroatoms. The first kappa shape index (κ1) is 19.2. The Balaban J connectivity index is 1.60. The molecule has 3 saturated carbocycles. The summed E-state index contributed by atoms with van der Waals surface area (Å²) in [6.45, 7) is 14.2. The van der Waals surface area contributed by atoms with Gasteiger partial charge in [0.05, 0.1) is 11.7 Å². The van der Waals surface area contributed by atoms with Crippen LogP contribution in [0, 0.1) is 28.6 Å². The maximum atomic E-state index is 10.6. The Hall–Kier alpha value is -0.123. The summed E-state index contributed by atoms with van der Waals surface area (Å²) in [4.78, 5) is 0. The van der Waals surface area contributed by atoms with Crippen molar-refractivity contribution in [2.24, 2.45) is 28.6 Å². The monoisotopic (exact) mass is 376 g/mol. The van der Waals surface area contributed by atoms with Gasteiger partial charge in [0, 0.05) is 0 Å². The van der Waals surface area contributed by atoms with Crippen molar-refractivity contribution in [3.63, 3.8) is 0 Å². The van der Waals surface area contributed by atoms with Crippen LogP contribution in [0.5, 0.6) is 0 Å². The van der Waals surface area contributed by atoms with Gasteiger partial charge in [0.2, 0.25) is 0 Å². The smallest absolute Gasteiger partial charge is 0.184 e. The molecule has 0 unspecified atom stereocenters. The molecule has 4 aliphatic rings. The molecular weight excluding hydrogens is 336 g/mol. The molecule has 1 N–H and O–H groups in total. The summed E-state index contributed by atoms with van der Waals surface area (Å²) in [5, 5.41) is 10.6. The SMILES string of the molecule is C[C@]1(O)CC[C@@]2(C)C(=CC[C@H]3[C@@H]4CC[C@H](O[Si](C)(C)C)[C@@]4(C)CC[C@@H]32)C1. The molecule has 0 amide bonds. The summed E-state index contributed by atoms with van der Waals surface area (Å²) in [6, 6.07) is 0. The molecule has 0 radical (unpaired) electrons. The predicted molar refractivity (Wildman–Crippen MR) is 111 cm³/mol. The van der Waals surface area contributed by atoms with E-state index in [1.807, 2.05) is 6.92 Å². The topological polar surface area (TPSA) is 29.5 Å². The summed E-state index contributed by atoms with van der Waals surface area (Å²) in [7, 11) is -1.49. The van der Waals surface area contributed by atoms with E-state index in [0.717, 1.165) is 30.6 Å². The molecule has 0 aliphatic heterocycles. The fourth-order valence-corrected chi connectivity index (χ4v) is 8.62. The second kappa shape index (κ2) is 5.94. The second-order valence-corrected chi connectivity index (χ2v) is 16.2. The van der Waals surface area contributed by atoms with Gasteiger partial charge in [-0.05, 0) is 107 Å². The van der Waals surface area contributed by atoms with Crippen molar-refractivity contribution < 1.29 is 9.53 Å². The van der Waals surface area contributed by atoms with Crippen molar-refractivity contribution in [3.8, 4) is 0 Å². The molecule has 0 spiro atoms. The van der Waals surface area contributed by atoms with Crippen LogP contribution >= 0.6 is 0 Å². The highest BCUT2D eigenvalue weighted by Gasteiger charge is 2.59. The van der Waals surface area contributed by atoms with Crippen LogP contribution in [0.2, 0.25) is 19.6 Å². The van der Waals surface area contributed by atoms with Crippen LogP contribution in [0.25, 0.3) is 0 Å². The van der Waals surface area contributed by atoms with E-state index in [-0.39, 0.29) is 0 Å². The van der Waals surface area contributed by atoms with Gasteiger partial charge in [0.1, 0.15) is 0 Å². The van der Waals surface area contributed by atoms with Crippen molar-refractivity contribution >= 4 is 8.32 Å². The Morgan fingerprint density at radius 3 is 2.42 bits per heavy atom. The van der Waals surface area contributed by atoms with Crippen molar-refractivity contribution in [2.75, 3.05) is 0 Å². The summed E-state index contributed by atoms with van der Waals surface area (Å²) in [6.07, 6.45) is 12.7. The van der Waals surface area contributed by atoms with Crippen molar-refractivity contribution in [1.29, 1.82) is 0 Å². The van der Waals surface area contributed by atoms with Crippen molar-refractivity contribution in [2.45, 2.75) is 103 Å². The first-order valence-electron chi connectivity index (χ1n) is 11.0. The normalized spacial score (nSPS) is 51.3. The fourth-order valence-electron chi connectivity index (χ4n) is 7.38. The number of fused-ring (bicyclic) bond motifs is 5. The number of hydrogen-bond acceptors (Lipinski definition) is 2. The Morgan fingerprint density at radius 2 is 1.73 bits per heavy atom. The van der Waals surface area contributed by atoms with E-state index in [1.54, 1.807) is 5.57 Å². The van der Waals surface area contributed by atoms with E-state index < -0.39 is 13.9 Å². The summed E-state index contributed by atoms with van der Waals surface area (Å²) >= 11 is 0. The molecule has 0 heterocycles. The molecule has 7 atom stereocenters. The Labute approximate surface area is 161 Å². The summed E-state index contributed by atoms with van der Waals surface area (Å²) < 4.78 is 6.70. The zero-order chi connectivity index (χ0) is 19.0. The molecule has 2 nitrogen and oxygen atoms in total. The first-order chi connectivity index (χ1) is 11.9. The number of allylic oxidation sites excluding steroid dienone is 1. The molecule has 148 valence electrons. The Morgan fingerprint density at radius 1 is 1.00 bits per heavy atom. The highest BCUT2D eigenvalue weighted by atomic mass is 28.4. The molecule has 0 aromatic rings. The standard InChI is InChI=1S/C23H40O2Si/c1-21(24)13-14-22(2)16(15-21)7-8-17-18-9-10-20(25-26(4,5)6)23(18,3)12-11-19(17)22/h7,17-20,24H,8-15H2,1-6H3/t17-,18-,19-,20-,21-,22-,23-/m0/s1. The van der Waals surface area contributed by atoms with E-state index in [0.29, 0.717) is 16.9 Å². The third kappa shape index (κ3) is 2.97. The molecule has 3 fully saturated rings. The van der Waals surface area contributed by atoms with Crippen LogP contribution in [0.4, 0.5) is 0 Å². The van der Waals surface area contributed by atoms with Gasteiger partial charge in [-0.25, -0.2) is 0 Å². The molecule has 0 bridgehead atoms. The van der Waals surface area contributed by atoms with Gasteiger partial charge in [0.25, 0.3) is 0 Å². The predicted octanol–water partition coefficient (Wildman–Crippen LogP) is 5.92. The van der Waals surface area contributed by atoms with Crippen LogP contribution in [0.3, 0.4) is 0 Å². The number of hydrogen-bond donors (Lipinski definition) is 1. The first-order valence-corrected chi connectivity index (χ1v) is 14.5. The lowest BCUT2D eigenvalue weighted by Gasteiger charge is -2.59. The minimum absolute atomic E-state index is 0.338. The molecule has 26 heavy (non-hydrogen) atoms. The second-order valence-electron chi connectivity index (χ2n) is 11.8. The minimum Gasteiger partial charge on any atom is -0.414 e. The third-order valence-corrected chi connectivity index (χ3v) is 9.78. The Bertz CT molecular complexity index is 604. The van der Waals surface area contributed by atoms with E-state index in [4.69, 9.17) is 4.43 Å². The van der Waals surface area contributed by atoms with Gasteiger partial charge in [-0.3, -0.25) is 0 Å². The van der Waals surface area contributed by atoms with Gasteiger partial charge in [-0.2, -0.15) is 0 Å². The van der Waals surface area contributed by atoms with Crippen LogP contribution in [0.15, 0.2) is 11.6 Å². The zero-order valence-electron chi connectivity index (χ0n) is 17.9. The van der Waals surface area contributed by atoms with E-state index >= 15 is 0 Å². The third-order valence-electron chi connectivity index (χ3n) is 8.79. The minimum atomic E-state index is -1.49. The summed E-state index contributed by atoms with van der Waals surface area (Å²) in [5.41, 5.74) is 1.82. The maximum Gasteiger partial charge on any atom is 0.184 e. The lowest BCUT2D eigenvalue weighted by molar-refractivity contribution is -0.0772. The number of aliphatic hydroxyl groups is 1. The molecule has 0 aromatic heterocycles. The van der Waals surface area contributed by atoms with Crippen LogP contribution < -0.4 is 0 Å². The van der Waals surface area contributed by atoms with Crippen LogP contribution in [-0.4, -0.2) is 25.1 Å². The molecule has 4 rings (SSSR count). The lowest BCUT2D eigenvalue weighted by Crippen LogP contribution is -2.53. The van der Waals surface area contributed by atoms with Crippen molar-refractivity contribution in [3.05, 3.63) is 11.6 Å². The fraction of sp³-hybridized carbons (Fsp3) is 0.913. The molecule has 0 saturated heterocycles. The molecule has 0 aromatic carbocycles. The lowest BCUT2D eigenvalue weighted by atomic mass is 9.47. The molecule has 4 aliphatic carbocycles. The average Bonchev–Trinajstić information content (AvgIpc) is 2.83. The van der Waals surface area contributed by atoms with Crippen molar-refractivity contribution in [1.82, 2.24) is 0 Å². The van der Waals surface area contributed by atoms with Gasteiger partial charge in [0.15, 0.2) is 8.32 Å². The van der Waals surface area contributed by atoms with Gasteiger partial charge >= 0.3 is 0 Å². The maximum absolute atomic E-state index is 10.6. The molecular formula is C23H40O2Si. The van der Waals surface area contributed by atoms with Gasteiger partial charge in [-0.1, -0.05) is 25.5 Å². The quantitative estimate of drug-likeness (QED) is 0.479.